The van der Waals surface area contributed by atoms with Gasteiger partial charge in [0.05, 0.1) is 10.1 Å². The van der Waals surface area contributed by atoms with E-state index in [1.807, 2.05) is 47.6 Å². The Morgan fingerprint density at radius 1 is 1.20 bits per heavy atom. The third kappa shape index (κ3) is 6.09. The molecule has 20 heavy (non-hydrogen) atoms. The van der Waals surface area contributed by atoms with Gasteiger partial charge in [-0.2, -0.15) is 4.89 Å². The Morgan fingerprint density at radius 3 is 2.15 bits per heavy atom. The number of esters is 1. The highest BCUT2D eigenvalue weighted by atomic mass is 31.1. The molecule has 0 fully saturated rings. The summed E-state index contributed by atoms with van der Waals surface area (Å²) in [4.78, 5) is 25.0. The largest absolute Gasteiger partial charge is 0.725 e. The number of hydrogen-bond acceptors (Lipinski definition) is 5. The predicted molar refractivity (Wildman–Crippen MR) is 74.8 cm³/mol. The first kappa shape index (κ1) is 19.2. The number of allylic oxidation sites excluding steroid dienone is 1. The summed E-state index contributed by atoms with van der Waals surface area (Å²) in [6, 6.07) is 0. The Labute approximate surface area is 121 Å². The smallest absolute Gasteiger partial charge is 0.462 e. The molecule has 0 spiro atoms. The average molecular weight is 307 g/mol. The summed E-state index contributed by atoms with van der Waals surface area (Å²) >= 11 is 0. The molecule has 2 unspecified atom stereocenters. The van der Waals surface area contributed by atoms with Crippen molar-refractivity contribution in [2.24, 2.45) is 10.8 Å². The predicted octanol–water partition coefficient (Wildman–Crippen LogP) is 3.15. The van der Waals surface area contributed by atoms with Gasteiger partial charge in [-0.1, -0.05) is 32.4 Å². The first-order chi connectivity index (χ1) is 9.00. The van der Waals surface area contributed by atoms with Gasteiger partial charge < -0.3 is 4.74 Å². The molecular formula is C13H24O6P+. The molecule has 0 aromatic heterocycles. The van der Waals surface area contributed by atoms with Gasteiger partial charge in [0.2, 0.25) is 0 Å². The second-order valence-electron chi connectivity index (χ2n) is 5.94. The van der Waals surface area contributed by atoms with E-state index in [2.05, 4.69) is 9.56 Å². The van der Waals surface area contributed by atoms with Crippen molar-refractivity contribution in [2.75, 3.05) is 13.2 Å². The van der Waals surface area contributed by atoms with E-state index < -0.39 is 13.7 Å². The molecule has 0 bridgehead atoms. The van der Waals surface area contributed by atoms with Crippen molar-refractivity contribution in [2.45, 2.75) is 41.5 Å². The SMILES string of the molecule is CC(C)=CC(C)(C(=O)OCCOO[P+](=O)O)C(C)(C)C. The Kier molecular flexibility index (Phi) is 7.52. The molecule has 0 aliphatic carbocycles. The van der Waals surface area contributed by atoms with Crippen molar-refractivity contribution in [1.82, 2.24) is 0 Å². The molecule has 0 heterocycles. The highest BCUT2D eigenvalue weighted by Crippen LogP contribution is 2.41. The standard InChI is InChI=1S/C13H23O6P/c1-10(2)9-13(6,12(3,4)5)11(14)17-7-8-18-19-20(15)16/h9H,7-8H2,1-6H3/p+1. The van der Waals surface area contributed by atoms with E-state index in [0.29, 0.717) is 0 Å². The molecule has 0 saturated heterocycles. The van der Waals surface area contributed by atoms with Crippen molar-refractivity contribution in [3.8, 4) is 0 Å². The van der Waals surface area contributed by atoms with Gasteiger partial charge in [-0.05, 0) is 26.2 Å². The summed E-state index contributed by atoms with van der Waals surface area (Å²) in [7, 11) is -2.81. The molecule has 0 radical (unpaired) electrons. The zero-order valence-corrected chi connectivity index (χ0v) is 13.8. The van der Waals surface area contributed by atoms with Gasteiger partial charge in [0.1, 0.15) is 13.2 Å². The summed E-state index contributed by atoms with van der Waals surface area (Å²) in [5.74, 6) is -0.372. The van der Waals surface area contributed by atoms with Crippen LogP contribution in [0.5, 0.6) is 0 Å². The van der Waals surface area contributed by atoms with Crippen molar-refractivity contribution in [3.63, 3.8) is 0 Å². The fourth-order valence-corrected chi connectivity index (χ4v) is 1.72. The molecule has 116 valence electrons. The third-order valence-corrected chi connectivity index (χ3v) is 3.31. The lowest BCUT2D eigenvalue weighted by Gasteiger charge is -2.37. The van der Waals surface area contributed by atoms with Crippen LogP contribution in [0.15, 0.2) is 11.6 Å². The van der Waals surface area contributed by atoms with Crippen LogP contribution in [0.1, 0.15) is 41.5 Å². The second-order valence-corrected chi connectivity index (χ2v) is 6.57. The summed E-state index contributed by atoms with van der Waals surface area (Å²) in [6.45, 7) is 11.4. The van der Waals surface area contributed by atoms with E-state index in [0.717, 1.165) is 5.57 Å². The van der Waals surface area contributed by atoms with E-state index in [-0.39, 0.29) is 24.6 Å². The Hall–Kier alpha value is -0.810. The van der Waals surface area contributed by atoms with E-state index in [9.17, 15) is 9.36 Å². The Morgan fingerprint density at radius 2 is 1.75 bits per heavy atom. The molecule has 6 nitrogen and oxygen atoms in total. The topological polar surface area (TPSA) is 82.1 Å². The van der Waals surface area contributed by atoms with Crippen LogP contribution in [0, 0.1) is 10.8 Å². The van der Waals surface area contributed by atoms with Gasteiger partial charge in [0.15, 0.2) is 0 Å². The zero-order chi connectivity index (χ0) is 16.0. The van der Waals surface area contributed by atoms with Crippen LogP contribution in [-0.4, -0.2) is 24.1 Å². The van der Waals surface area contributed by atoms with Gasteiger partial charge in [-0.25, -0.2) is 0 Å². The Bertz CT molecular complexity index is 381. The summed E-state index contributed by atoms with van der Waals surface area (Å²) in [6.07, 6.45) is 1.89. The summed E-state index contributed by atoms with van der Waals surface area (Å²) < 4.78 is 19.3. The summed E-state index contributed by atoms with van der Waals surface area (Å²) in [5.41, 5.74) is -0.0571. The van der Waals surface area contributed by atoms with Crippen LogP contribution in [0.4, 0.5) is 0 Å². The minimum Gasteiger partial charge on any atom is -0.462 e. The van der Waals surface area contributed by atoms with E-state index in [1.54, 1.807) is 0 Å². The maximum absolute atomic E-state index is 12.3. The van der Waals surface area contributed by atoms with Crippen molar-refractivity contribution in [3.05, 3.63) is 11.6 Å². The highest BCUT2D eigenvalue weighted by Gasteiger charge is 2.43. The molecule has 1 N–H and O–H groups in total. The average Bonchev–Trinajstić information content (AvgIpc) is 2.25. The molecule has 0 saturated carbocycles. The summed E-state index contributed by atoms with van der Waals surface area (Å²) in [5, 5.41) is 0. The monoisotopic (exact) mass is 307 g/mol. The lowest BCUT2D eigenvalue weighted by Crippen LogP contribution is -2.40. The molecule has 0 aromatic carbocycles. The first-order valence-electron chi connectivity index (χ1n) is 6.29. The molecule has 0 amide bonds. The van der Waals surface area contributed by atoms with Crippen LogP contribution in [-0.2, 0) is 23.7 Å². The zero-order valence-electron chi connectivity index (χ0n) is 12.9. The van der Waals surface area contributed by atoms with E-state index in [1.165, 1.54) is 0 Å². The highest BCUT2D eigenvalue weighted by molar-refractivity contribution is 7.31. The molecular weight excluding hydrogens is 283 g/mol. The molecule has 0 aromatic rings. The van der Waals surface area contributed by atoms with Crippen molar-refractivity contribution in [1.29, 1.82) is 0 Å². The van der Waals surface area contributed by atoms with Crippen LogP contribution in [0.3, 0.4) is 0 Å². The number of carbonyl (C=O) groups excluding carboxylic acids is 1. The quantitative estimate of drug-likeness (QED) is 0.194. The molecule has 0 aliphatic heterocycles. The van der Waals surface area contributed by atoms with Gasteiger partial charge in [0.25, 0.3) is 0 Å². The minimum atomic E-state index is -2.81. The number of rotatable bonds is 7. The van der Waals surface area contributed by atoms with Gasteiger partial charge in [-0.3, -0.25) is 4.79 Å². The van der Waals surface area contributed by atoms with Gasteiger partial charge in [-0.15, -0.1) is 4.89 Å². The van der Waals surface area contributed by atoms with E-state index >= 15 is 0 Å². The van der Waals surface area contributed by atoms with Crippen LogP contribution < -0.4 is 0 Å². The van der Waals surface area contributed by atoms with Crippen LogP contribution in [0.2, 0.25) is 0 Å². The van der Waals surface area contributed by atoms with Gasteiger partial charge in [0, 0.05) is 4.57 Å². The Balaban J connectivity index is 4.60. The second kappa shape index (κ2) is 7.84. The minimum absolute atomic E-state index is 0.0513. The molecule has 0 rings (SSSR count). The fraction of sp³-hybridized carbons (Fsp3) is 0.769. The maximum Gasteiger partial charge on any atom is 0.725 e. The van der Waals surface area contributed by atoms with Gasteiger partial charge >= 0.3 is 14.2 Å². The normalized spacial score (nSPS) is 15.2. The fourth-order valence-electron chi connectivity index (χ4n) is 1.56. The lowest BCUT2D eigenvalue weighted by atomic mass is 9.67. The lowest BCUT2D eigenvalue weighted by molar-refractivity contribution is -0.217. The van der Waals surface area contributed by atoms with Crippen molar-refractivity contribution < 1.29 is 28.6 Å². The molecule has 0 aliphatic rings. The van der Waals surface area contributed by atoms with Crippen molar-refractivity contribution >= 4 is 14.2 Å². The number of ether oxygens (including phenoxy) is 1. The molecule has 2 atom stereocenters. The molecule has 7 heteroatoms. The third-order valence-electron chi connectivity index (χ3n) is 3.08. The number of carbonyl (C=O) groups is 1. The first-order valence-corrected chi connectivity index (χ1v) is 7.43. The van der Waals surface area contributed by atoms with Crippen LogP contribution in [0.25, 0.3) is 0 Å². The maximum atomic E-state index is 12.3. The van der Waals surface area contributed by atoms with Crippen LogP contribution >= 0.6 is 8.25 Å². The van der Waals surface area contributed by atoms with E-state index in [4.69, 9.17) is 9.63 Å². The number of hydrogen-bond donors (Lipinski definition) is 1.